The van der Waals surface area contributed by atoms with Gasteiger partial charge in [-0.05, 0) is 81.0 Å². The zero-order valence-corrected chi connectivity index (χ0v) is 23.6. The molecular formula is C29H48N6O3. The molecule has 1 aromatic rings. The van der Waals surface area contributed by atoms with E-state index in [4.69, 9.17) is 14.9 Å². The van der Waals surface area contributed by atoms with Gasteiger partial charge in [-0.25, -0.2) is 0 Å². The van der Waals surface area contributed by atoms with Crippen LogP contribution in [0.3, 0.4) is 0 Å². The lowest BCUT2D eigenvalue weighted by molar-refractivity contribution is -0.128. The first-order chi connectivity index (χ1) is 18.4. The van der Waals surface area contributed by atoms with Gasteiger partial charge in [0.05, 0.1) is 18.2 Å². The van der Waals surface area contributed by atoms with Crippen LogP contribution in [0.5, 0.6) is 0 Å². The van der Waals surface area contributed by atoms with Crippen molar-refractivity contribution in [3.8, 4) is 0 Å². The summed E-state index contributed by atoms with van der Waals surface area (Å²) in [7, 11) is 5.46. The van der Waals surface area contributed by atoms with Crippen LogP contribution in [-0.4, -0.2) is 60.3 Å². The molecule has 5 rings (SSSR count). The van der Waals surface area contributed by atoms with Crippen molar-refractivity contribution in [1.82, 2.24) is 19.9 Å². The monoisotopic (exact) mass is 528 g/mol. The third kappa shape index (κ3) is 5.88. The number of hydrogen-bond acceptors (Lipinski definition) is 6. The highest BCUT2D eigenvalue weighted by Gasteiger charge is 2.46. The molecule has 2 heterocycles. The molecule has 38 heavy (non-hydrogen) atoms. The molecule has 9 atom stereocenters. The van der Waals surface area contributed by atoms with Gasteiger partial charge in [0.1, 0.15) is 0 Å². The van der Waals surface area contributed by atoms with Crippen molar-refractivity contribution in [2.45, 2.75) is 83.1 Å². The van der Waals surface area contributed by atoms with Crippen LogP contribution in [0.2, 0.25) is 0 Å². The minimum absolute atomic E-state index is 0.0103. The summed E-state index contributed by atoms with van der Waals surface area (Å²) in [5.74, 6) is 3.10. The van der Waals surface area contributed by atoms with Crippen LogP contribution in [0.4, 0.5) is 0 Å². The summed E-state index contributed by atoms with van der Waals surface area (Å²) in [6.07, 6.45) is 14.7. The number of imidazole rings is 1. The van der Waals surface area contributed by atoms with Gasteiger partial charge >= 0.3 is 0 Å². The molecule has 1 amide bonds. The maximum Gasteiger partial charge on any atom is 0.223 e. The molecule has 1 aromatic heterocycles. The number of ether oxygens (including phenoxy) is 2. The van der Waals surface area contributed by atoms with Crippen molar-refractivity contribution >= 4 is 12.1 Å². The Morgan fingerprint density at radius 3 is 2.53 bits per heavy atom. The van der Waals surface area contributed by atoms with Gasteiger partial charge in [-0.15, -0.1) is 0 Å². The number of hydrogen-bond donors (Lipinski definition) is 3. The predicted molar refractivity (Wildman–Crippen MR) is 146 cm³/mol. The number of hydrazone groups is 1. The molecule has 3 N–H and O–H groups in total. The summed E-state index contributed by atoms with van der Waals surface area (Å²) in [5, 5.41) is 16.3. The Balaban J connectivity index is 1.29. The van der Waals surface area contributed by atoms with Crippen LogP contribution < -0.4 is 16.4 Å². The van der Waals surface area contributed by atoms with Crippen LogP contribution in [0.25, 0.3) is 0 Å². The topological polar surface area (TPSA) is 106 Å². The van der Waals surface area contributed by atoms with Gasteiger partial charge in [-0.3, -0.25) is 10.2 Å². The summed E-state index contributed by atoms with van der Waals surface area (Å²) in [6.45, 7) is 3.89. The normalized spacial score (nSPS) is 38.9. The molecule has 1 aliphatic heterocycles. The standard InChI is InChI=1S/C29H48N6O3/c1-18-5-6-26-25(16-32-33-26)27(18)21-9-20(17-35-8-7-34(2)29(35)30)10-22(13-21)28(36)31-15-19-11-23(37-3)14-24(12-19)38-4/h7-8,16,18-27,30,33H,5-6,9-15,17H2,1-4H3,(H,31,36). The third-order valence-corrected chi connectivity index (χ3v) is 10.2. The van der Waals surface area contributed by atoms with Crippen LogP contribution in [0.1, 0.15) is 58.3 Å². The van der Waals surface area contributed by atoms with E-state index in [-0.39, 0.29) is 24.0 Å². The minimum atomic E-state index is 0.0103. The second kappa shape index (κ2) is 11.9. The molecule has 0 saturated heterocycles. The average molecular weight is 529 g/mol. The zero-order valence-electron chi connectivity index (χ0n) is 23.6. The second-order valence-electron chi connectivity index (χ2n) is 12.7. The highest BCUT2D eigenvalue weighted by atomic mass is 16.5. The molecule has 9 heteroatoms. The molecule has 0 bridgehead atoms. The van der Waals surface area contributed by atoms with E-state index in [2.05, 4.69) is 29.0 Å². The number of methoxy groups -OCH3 is 2. The van der Waals surface area contributed by atoms with Crippen molar-refractivity contribution in [1.29, 1.82) is 5.41 Å². The van der Waals surface area contributed by atoms with E-state index in [0.717, 1.165) is 45.1 Å². The number of amides is 1. The molecule has 0 aromatic carbocycles. The fourth-order valence-electron chi connectivity index (χ4n) is 8.21. The zero-order chi connectivity index (χ0) is 26.8. The Labute approximate surface area is 227 Å². The highest BCUT2D eigenvalue weighted by molar-refractivity contribution is 5.78. The lowest BCUT2D eigenvalue weighted by Gasteiger charge is -2.46. The van der Waals surface area contributed by atoms with Gasteiger partial charge in [-0.1, -0.05) is 6.92 Å². The number of rotatable bonds is 8. The summed E-state index contributed by atoms with van der Waals surface area (Å²) in [5.41, 5.74) is 3.87. The maximum atomic E-state index is 13.7. The summed E-state index contributed by atoms with van der Waals surface area (Å²) in [6, 6.07) is 0.445. The lowest BCUT2D eigenvalue weighted by atomic mass is 9.59. The van der Waals surface area contributed by atoms with Crippen molar-refractivity contribution in [2.24, 2.45) is 53.6 Å². The first-order valence-electron chi connectivity index (χ1n) is 14.7. The van der Waals surface area contributed by atoms with E-state index >= 15 is 0 Å². The molecule has 0 radical (unpaired) electrons. The lowest BCUT2D eigenvalue weighted by Crippen LogP contribution is -2.47. The Morgan fingerprint density at radius 2 is 1.84 bits per heavy atom. The largest absolute Gasteiger partial charge is 0.381 e. The number of carbonyl (C=O) groups is 1. The first kappa shape index (κ1) is 27.4. The second-order valence-corrected chi connectivity index (χ2v) is 12.7. The van der Waals surface area contributed by atoms with Crippen LogP contribution in [-0.2, 0) is 27.9 Å². The van der Waals surface area contributed by atoms with Crippen LogP contribution >= 0.6 is 0 Å². The average Bonchev–Trinajstić information content (AvgIpc) is 3.53. The van der Waals surface area contributed by atoms with E-state index in [1.54, 1.807) is 14.2 Å². The van der Waals surface area contributed by atoms with E-state index in [1.165, 1.54) is 12.8 Å². The number of nitrogens with zero attached hydrogens (tertiary/aromatic N) is 3. The van der Waals surface area contributed by atoms with E-state index < -0.39 is 0 Å². The third-order valence-electron chi connectivity index (χ3n) is 10.2. The fraction of sp³-hybridized carbons (Fsp3) is 0.828. The SMILES string of the molecule is COC1CC(CNC(=O)C2CC(Cn3ccn(C)c3=N)CC(C3C(C)CCC4NN=CC43)C2)CC(OC)C1. The number of fused-ring (bicyclic) bond motifs is 1. The summed E-state index contributed by atoms with van der Waals surface area (Å²) >= 11 is 0. The van der Waals surface area contributed by atoms with Crippen LogP contribution in [0.15, 0.2) is 17.5 Å². The van der Waals surface area contributed by atoms with Crippen LogP contribution in [0, 0.1) is 46.8 Å². The predicted octanol–water partition coefficient (Wildman–Crippen LogP) is 2.90. The quantitative estimate of drug-likeness (QED) is 0.482. The smallest absolute Gasteiger partial charge is 0.223 e. The molecule has 9 nitrogen and oxygen atoms in total. The van der Waals surface area contributed by atoms with Crippen molar-refractivity contribution < 1.29 is 14.3 Å². The molecule has 3 fully saturated rings. The van der Waals surface area contributed by atoms with Gasteiger partial charge in [0, 0.05) is 64.8 Å². The molecular weight excluding hydrogens is 480 g/mol. The van der Waals surface area contributed by atoms with E-state index in [9.17, 15) is 4.79 Å². The van der Waals surface area contributed by atoms with Crippen molar-refractivity contribution in [2.75, 3.05) is 20.8 Å². The number of carbonyl (C=O) groups excluding carboxylic acids is 1. The van der Waals surface area contributed by atoms with Crippen molar-refractivity contribution in [3.05, 3.63) is 18.0 Å². The molecule has 0 spiro atoms. The fourth-order valence-corrected chi connectivity index (χ4v) is 8.21. The Morgan fingerprint density at radius 1 is 1.08 bits per heavy atom. The number of nitrogens with one attached hydrogen (secondary N) is 3. The number of aromatic nitrogens is 2. The van der Waals surface area contributed by atoms with Crippen molar-refractivity contribution in [3.63, 3.8) is 0 Å². The van der Waals surface area contributed by atoms with Gasteiger partial charge < -0.3 is 29.4 Å². The van der Waals surface area contributed by atoms with Gasteiger partial charge in [-0.2, -0.15) is 5.10 Å². The minimum Gasteiger partial charge on any atom is -0.381 e. The number of aryl methyl sites for hydroxylation is 1. The highest BCUT2D eigenvalue weighted by Crippen LogP contribution is 2.48. The Bertz CT molecular complexity index is 1020. The molecule has 212 valence electrons. The maximum absolute atomic E-state index is 13.7. The van der Waals surface area contributed by atoms with Gasteiger partial charge in [0.25, 0.3) is 0 Å². The molecule has 4 aliphatic rings. The van der Waals surface area contributed by atoms with Gasteiger partial charge in [0.2, 0.25) is 11.5 Å². The summed E-state index contributed by atoms with van der Waals surface area (Å²) < 4.78 is 15.2. The van der Waals surface area contributed by atoms with E-state index in [1.807, 2.05) is 28.6 Å². The van der Waals surface area contributed by atoms with Gasteiger partial charge in [0.15, 0.2) is 0 Å². The summed E-state index contributed by atoms with van der Waals surface area (Å²) in [4.78, 5) is 13.7. The van der Waals surface area contributed by atoms with E-state index in [0.29, 0.717) is 53.7 Å². The first-order valence-corrected chi connectivity index (χ1v) is 14.7. The Hall–Kier alpha value is -2.13. The Kier molecular flexibility index (Phi) is 8.62. The molecule has 9 unspecified atom stereocenters. The molecule has 3 saturated carbocycles. The molecule has 3 aliphatic carbocycles.